The fourth-order valence-corrected chi connectivity index (χ4v) is 4.77. The number of phenols is 1. The molecule has 16 heteroatoms. The number of ether oxygens (including phenoxy) is 1. The molecule has 4 aromatic rings. The van der Waals surface area contributed by atoms with Crippen molar-refractivity contribution in [1.82, 2.24) is 0 Å². The van der Waals surface area contributed by atoms with Crippen LogP contribution < -0.4 is 44.9 Å². The van der Waals surface area contributed by atoms with Crippen molar-refractivity contribution in [3.63, 3.8) is 0 Å². The molecule has 0 heterocycles. The van der Waals surface area contributed by atoms with Gasteiger partial charge in [-0.25, -0.2) is 8.42 Å². The average Bonchev–Trinajstić information content (AvgIpc) is 2.99. The maximum Gasteiger partial charge on any atom is 1.00 e. The van der Waals surface area contributed by atoms with Crippen LogP contribution in [0, 0.1) is 0 Å². The fourth-order valence-electron chi connectivity index (χ4n) is 4.13. The number of nitrogen functional groups attached to an aromatic ring is 1. The van der Waals surface area contributed by atoms with E-state index < -0.39 is 26.5 Å². The molecule has 0 aliphatic rings. The number of rotatable bonds is 13. The van der Waals surface area contributed by atoms with Crippen molar-refractivity contribution in [2.45, 2.75) is 4.90 Å². The number of benzene rings is 4. The predicted octanol–water partition coefficient (Wildman–Crippen LogP) is 1.03. The number of hydrogen-bond donors (Lipinski definition) is 5. The van der Waals surface area contributed by atoms with E-state index in [9.17, 15) is 33.4 Å². The second kappa shape index (κ2) is 15.9. The Hall–Kier alpha value is -3.67. The quantitative estimate of drug-likeness (QED) is 0.0609. The molecule has 6 N–H and O–H groups in total. The van der Waals surface area contributed by atoms with Crippen molar-refractivity contribution in [1.29, 1.82) is 0 Å². The van der Waals surface area contributed by atoms with E-state index >= 15 is 0 Å². The van der Waals surface area contributed by atoms with Gasteiger partial charge < -0.3 is 40.3 Å². The van der Waals surface area contributed by atoms with E-state index in [4.69, 9.17) is 10.5 Å². The van der Waals surface area contributed by atoms with Gasteiger partial charge in [0, 0.05) is 35.9 Å². The Morgan fingerprint density at radius 1 is 0.818 bits per heavy atom. The Labute approximate surface area is 275 Å². The SMILES string of the molecule is Nc1ccc2cc(S(=O)(=O)[O-])c(N=Nc3ccc(N=Nc4ccc(N(CCO)CCO)cc4)cc3OCCO)c(O)c2c1.[Na+]. The third kappa shape index (κ3) is 8.71. The van der Waals surface area contributed by atoms with Gasteiger partial charge in [0.2, 0.25) is 0 Å². The van der Waals surface area contributed by atoms with E-state index in [2.05, 4.69) is 20.5 Å². The monoisotopic (exact) mass is 632 g/mol. The van der Waals surface area contributed by atoms with Crippen LogP contribution in [-0.2, 0) is 10.1 Å². The van der Waals surface area contributed by atoms with Gasteiger partial charge in [0.1, 0.15) is 33.8 Å². The van der Waals surface area contributed by atoms with Gasteiger partial charge >= 0.3 is 29.6 Å². The molecule has 0 aliphatic heterocycles. The van der Waals surface area contributed by atoms with Crippen LogP contribution in [0.4, 0.5) is 34.1 Å². The molecule has 4 rings (SSSR count). The number of azo groups is 2. The molecule has 0 saturated carbocycles. The molecule has 4 aromatic carbocycles. The smallest absolute Gasteiger partial charge is 0.744 e. The number of aliphatic hydroxyl groups is 3. The van der Waals surface area contributed by atoms with Crippen LogP contribution in [0.1, 0.15) is 0 Å². The molecule has 0 unspecified atom stereocenters. The minimum absolute atomic E-state index is 0. The summed E-state index contributed by atoms with van der Waals surface area (Å²) in [5.74, 6) is -0.475. The summed E-state index contributed by atoms with van der Waals surface area (Å²) in [6, 6.07) is 16.9. The number of aliphatic hydroxyl groups excluding tert-OH is 3. The maximum atomic E-state index is 12.0. The molecular formula is C28H29N6NaO8S. The van der Waals surface area contributed by atoms with E-state index in [1.807, 2.05) is 4.90 Å². The third-order valence-corrected chi connectivity index (χ3v) is 6.98. The number of fused-ring (bicyclic) bond motifs is 1. The van der Waals surface area contributed by atoms with Gasteiger partial charge in [0.05, 0.1) is 36.1 Å². The van der Waals surface area contributed by atoms with Crippen LogP contribution in [-0.4, -0.2) is 72.9 Å². The molecule has 0 atom stereocenters. The topological polar surface area (TPSA) is 226 Å². The first-order chi connectivity index (χ1) is 20.6. The van der Waals surface area contributed by atoms with Gasteiger partial charge in [-0.05, 0) is 60.0 Å². The number of nitrogens with zero attached hydrogens (tertiary/aromatic N) is 5. The van der Waals surface area contributed by atoms with Crippen LogP contribution >= 0.6 is 0 Å². The van der Waals surface area contributed by atoms with Crippen molar-refractivity contribution >= 4 is 55.0 Å². The second-order valence-corrected chi connectivity index (χ2v) is 10.4. The zero-order valence-electron chi connectivity index (χ0n) is 23.7. The Balaban J connectivity index is 0.00000529. The van der Waals surface area contributed by atoms with E-state index in [0.29, 0.717) is 30.2 Å². The van der Waals surface area contributed by atoms with Gasteiger partial charge in [0.15, 0.2) is 5.75 Å². The minimum Gasteiger partial charge on any atom is -0.744 e. The number of phenolic OH excluding ortho intramolecular Hbond substituents is 1. The summed E-state index contributed by atoms with van der Waals surface area (Å²) in [6.07, 6.45) is 0. The third-order valence-electron chi connectivity index (χ3n) is 6.13. The Morgan fingerprint density at radius 2 is 1.48 bits per heavy atom. The number of aromatic hydroxyl groups is 1. The van der Waals surface area contributed by atoms with Gasteiger partial charge in [-0.15, -0.1) is 10.2 Å². The first-order valence-electron chi connectivity index (χ1n) is 12.9. The van der Waals surface area contributed by atoms with Crippen LogP contribution in [0.15, 0.2) is 92.1 Å². The minimum atomic E-state index is -5.05. The summed E-state index contributed by atoms with van der Waals surface area (Å²) in [5.41, 5.74) is 7.30. The fraction of sp³-hybridized carbons (Fsp3) is 0.214. The van der Waals surface area contributed by atoms with Gasteiger partial charge in [-0.1, -0.05) is 6.07 Å². The van der Waals surface area contributed by atoms with Crippen LogP contribution in [0.2, 0.25) is 0 Å². The summed E-state index contributed by atoms with van der Waals surface area (Å²) in [5, 5.41) is 55.3. The van der Waals surface area contributed by atoms with Gasteiger partial charge in [0.25, 0.3) is 0 Å². The molecule has 0 amide bonds. The normalized spacial score (nSPS) is 11.7. The first kappa shape index (κ1) is 34.8. The molecule has 0 saturated heterocycles. The molecule has 0 radical (unpaired) electrons. The molecule has 0 spiro atoms. The molecular weight excluding hydrogens is 603 g/mol. The molecule has 226 valence electrons. The number of anilines is 2. The first-order valence-corrected chi connectivity index (χ1v) is 14.3. The summed E-state index contributed by atoms with van der Waals surface area (Å²) in [7, 11) is -5.05. The molecule has 0 bridgehead atoms. The molecule has 0 aromatic heterocycles. The van der Waals surface area contributed by atoms with Crippen molar-refractivity contribution in [2.75, 3.05) is 50.2 Å². The molecule has 0 aliphatic carbocycles. The van der Waals surface area contributed by atoms with Crippen LogP contribution in [0.3, 0.4) is 0 Å². The Bertz CT molecular complexity index is 1750. The van der Waals surface area contributed by atoms with E-state index in [-0.39, 0.29) is 78.2 Å². The van der Waals surface area contributed by atoms with E-state index in [1.165, 1.54) is 36.4 Å². The van der Waals surface area contributed by atoms with Crippen molar-refractivity contribution in [3.8, 4) is 11.5 Å². The standard InChI is InChI=1S/C28H30N6O8S.Na/c29-19-2-1-18-15-26(43(39,40)41)27(28(38)23(18)16-19)33-32-24-8-5-21(17-25(24)42-14-13-37)31-30-20-3-6-22(7-4-20)34(9-11-35)10-12-36;/h1-8,15-17,35-38H,9-14,29H2,(H,39,40,41);/q;+1/p-1. The summed E-state index contributed by atoms with van der Waals surface area (Å²) >= 11 is 0. The second-order valence-electron chi connectivity index (χ2n) is 9.08. The Morgan fingerprint density at radius 3 is 2.11 bits per heavy atom. The van der Waals surface area contributed by atoms with E-state index in [1.54, 1.807) is 24.3 Å². The molecule has 0 fully saturated rings. The Kier molecular flexibility index (Phi) is 12.6. The largest absolute Gasteiger partial charge is 1.00 e. The van der Waals surface area contributed by atoms with E-state index in [0.717, 1.165) is 11.8 Å². The summed E-state index contributed by atoms with van der Waals surface area (Å²) in [4.78, 5) is 1.05. The summed E-state index contributed by atoms with van der Waals surface area (Å²) in [6.45, 7) is 0.188. The number of hydrogen-bond acceptors (Lipinski definition) is 14. The molecule has 14 nitrogen and oxygen atoms in total. The van der Waals surface area contributed by atoms with Crippen LogP contribution in [0.25, 0.3) is 10.8 Å². The van der Waals surface area contributed by atoms with Crippen molar-refractivity contribution in [2.24, 2.45) is 20.5 Å². The zero-order valence-corrected chi connectivity index (χ0v) is 26.6. The number of nitrogens with two attached hydrogens (primary N) is 1. The summed E-state index contributed by atoms with van der Waals surface area (Å²) < 4.78 is 41.5. The maximum absolute atomic E-state index is 12.0. The van der Waals surface area contributed by atoms with Gasteiger partial charge in [-0.3, -0.25) is 0 Å². The van der Waals surface area contributed by atoms with Gasteiger partial charge in [-0.2, -0.15) is 10.2 Å². The predicted molar refractivity (Wildman–Crippen MR) is 158 cm³/mol. The van der Waals surface area contributed by atoms with Crippen molar-refractivity contribution in [3.05, 3.63) is 66.7 Å². The van der Waals surface area contributed by atoms with Crippen LogP contribution in [0.5, 0.6) is 11.5 Å². The average molecular weight is 633 g/mol. The molecule has 44 heavy (non-hydrogen) atoms. The zero-order chi connectivity index (χ0) is 31.0. The van der Waals surface area contributed by atoms with Crippen molar-refractivity contribution < 1.29 is 67.7 Å².